The minimum absolute atomic E-state index is 0.113. The van der Waals surface area contributed by atoms with Gasteiger partial charge in [-0.05, 0) is 98.5 Å². The molecular formula is C32H33ClN4O4. The number of carbonyl (C=O) groups excluding carboxylic acids is 2. The van der Waals surface area contributed by atoms with Crippen LogP contribution in [0.1, 0.15) is 34.3 Å². The number of rotatable bonds is 9. The number of ether oxygens (including phenoxy) is 2. The molecule has 212 valence electrons. The van der Waals surface area contributed by atoms with E-state index >= 15 is 0 Å². The Labute approximate surface area is 244 Å². The maximum Gasteiger partial charge on any atom is 0.254 e. The van der Waals surface area contributed by atoms with Crippen LogP contribution in [0.25, 0.3) is 16.9 Å². The molecule has 8 nitrogen and oxygen atoms in total. The first-order chi connectivity index (χ1) is 19.8. The third-order valence-corrected chi connectivity index (χ3v) is 7.52. The zero-order valence-corrected chi connectivity index (χ0v) is 24.1. The lowest BCUT2D eigenvalue weighted by molar-refractivity contribution is -0.117. The fourth-order valence-electron chi connectivity index (χ4n) is 4.81. The van der Waals surface area contributed by atoms with Gasteiger partial charge in [0.15, 0.2) is 0 Å². The van der Waals surface area contributed by atoms with Crippen molar-refractivity contribution < 1.29 is 19.1 Å². The molecule has 41 heavy (non-hydrogen) atoms. The number of imidazole rings is 1. The van der Waals surface area contributed by atoms with Gasteiger partial charge in [0.2, 0.25) is 11.9 Å². The van der Waals surface area contributed by atoms with Crippen molar-refractivity contribution in [3.05, 3.63) is 94.6 Å². The van der Waals surface area contributed by atoms with Crippen LogP contribution in [-0.2, 0) is 9.53 Å². The van der Waals surface area contributed by atoms with E-state index in [-0.39, 0.29) is 24.5 Å². The summed E-state index contributed by atoms with van der Waals surface area (Å²) in [6.45, 7) is 4.92. The number of benzene rings is 3. The molecule has 4 aromatic rings. The lowest BCUT2D eigenvalue weighted by Gasteiger charge is -2.25. The molecule has 0 saturated carbocycles. The topological polar surface area (TPSA) is 85.7 Å². The predicted molar refractivity (Wildman–Crippen MR) is 160 cm³/mol. The Hall–Kier alpha value is -4.14. The van der Waals surface area contributed by atoms with Gasteiger partial charge in [-0.2, -0.15) is 0 Å². The van der Waals surface area contributed by atoms with Crippen LogP contribution < -0.4 is 10.1 Å². The Balaban J connectivity index is 1.43. The molecule has 2 heterocycles. The third kappa shape index (κ3) is 6.78. The summed E-state index contributed by atoms with van der Waals surface area (Å²) in [6.07, 6.45) is 3.55. The van der Waals surface area contributed by atoms with Crippen LogP contribution in [-0.4, -0.2) is 59.2 Å². The van der Waals surface area contributed by atoms with Gasteiger partial charge in [-0.25, -0.2) is 4.98 Å². The number of hydrogen-bond acceptors (Lipinski definition) is 5. The first kappa shape index (κ1) is 28.4. The Morgan fingerprint density at radius 2 is 1.83 bits per heavy atom. The number of nitrogens with one attached hydrogen (secondary N) is 1. The minimum Gasteiger partial charge on any atom is -0.497 e. The predicted octanol–water partition coefficient (Wildman–Crippen LogP) is 6.08. The third-order valence-electron chi connectivity index (χ3n) is 7.27. The van der Waals surface area contributed by atoms with E-state index in [0.29, 0.717) is 35.4 Å². The lowest BCUT2D eigenvalue weighted by atomic mass is 10.1. The number of aryl methyl sites for hydroxylation is 2. The van der Waals surface area contributed by atoms with Gasteiger partial charge in [0.1, 0.15) is 12.3 Å². The first-order valence-corrected chi connectivity index (χ1v) is 14.0. The lowest BCUT2D eigenvalue weighted by Crippen LogP contribution is -2.42. The summed E-state index contributed by atoms with van der Waals surface area (Å²) in [4.78, 5) is 33.2. The summed E-state index contributed by atoms with van der Waals surface area (Å²) in [7, 11) is 1.62. The fourth-order valence-corrected chi connectivity index (χ4v) is 4.93. The van der Waals surface area contributed by atoms with Crippen molar-refractivity contribution in [2.24, 2.45) is 0 Å². The number of anilines is 1. The Bertz CT molecular complexity index is 1530. The van der Waals surface area contributed by atoms with Gasteiger partial charge < -0.3 is 14.4 Å². The normalized spacial score (nSPS) is 14.6. The average molecular weight is 573 g/mol. The highest BCUT2D eigenvalue weighted by atomic mass is 35.5. The van der Waals surface area contributed by atoms with Crippen molar-refractivity contribution in [3.8, 4) is 22.7 Å². The quantitative estimate of drug-likeness (QED) is 0.263. The van der Waals surface area contributed by atoms with Crippen LogP contribution in [0.15, 0.2) is 72.9 Å². The number of aromatic nitrogens is 2. The van der Waals surface area contributed by atoms with E-state index in [0.717, 1.165) is 35.4 Å². The maximum absolute atomic E-state index is 13.5. The van der Waals surface area contributed by atoms with Gasteiger partial charge in [0, 0.05) is 41.2 Å². The van der Waals surface area contributed by atoms with Crippen molar-refractivity contribution in [2.75, 3.05) is 32.1 Å². The monoisotopic (exact) mass is 572 g/mol. The van der Waals surface area contributed by atoms with Crippen molar-refractivity contribution >= 4 is 29.4 Å². The number of hydrogen-bond donors (Lipinski definition) is 1. The highest BCUT2D eigenvalue weighted by Gasteiger charge is 2.26. The van der Waals surface area contributed by atoms with E-state index < -0.39 is 0 Å². The van der Waals surface area contributed by atoms with Gasteiger partial charge in [-0.3, -0.25) is 19.5 Å². The van der Waals surface area contributed by atoms with Gasteiger partial charge in [-0.1, -0.05) is 17.7 Å². The second-order valence-corrected chi connectivity index (χ2v) is 10.6. The molecule has 5 rings (SSSR count). The molecule has 1 aliphatic rings. The number of carbonyl (C=O) groups is 2. The first-order valence-electron chi connectivity index (χ1n) is 13.6. The van der Waals surface area contributed by atoms with Crippen LogP contribution in [0.4, 0.5) is 5.95 Å². The zero-order chi connectivity index (χ0) is 28.9. The molecule has 1 saturated heterocycles. The summed E-state index contributed by atoms with van der Waals surface area (Å²) in [5.74, 6) is 0.485. The Morgan fingerprint density at radius 3 is 2.49 bits per heavy atom. The van der Waals surface area contributed by atoms with E-state index in [2.05, 4.69) is 18.3 Å². The van der Waals surface area contributed by atoms with E-state index in [9.17, 15) is 9.59 Å². The molecule has 9 heteroatoms. The van der Waals surface area contributed by atoms with Gasteiger partial charge in [-0.15, -0.1) is 0 Å². The van der Waals surface area contributed by atoms with Crippen LogP contribution >= 0.6 is 11.6 Å². The fraction of sp³-hybridized carbons (Fsp3) is 0.281. The van der Waals surface area contributed by atoms with E-state index in [1.54, 1.807) is 31.4 Å². The molecule has 0 aliphatic carbocycles. The second-order valence-electron chi connectivity index (χ2n) is 10.2. The van der Waals surface area contributed by atoms with Crippen LogP contribution in [0.2, 0.25) is 5.02 Å². The summed E-state index contributed by atoms with van der Waals surface area (Å²) in [6, 6.07) is 20.3. The molecule has 1 aliphatic heterocycles. The molecule has 0 bridgehead atoms. The second kappa shape index (κ2) is 12.6. The smallest absolute Gasteiger partial charge is 0.254 e. The minimum atomic E-state index is -0.359. The molecule has 0 radical (unpaired) electrons. The van der Waals surface area contributed by atoms with Crippen LogP contribution in [0, 0.1) is 13.8 Å². The van der Waals surface area contributed by atoms with Crippen molar-refractivity contribution in [3.63, 3.8) is 0 Å². The summed E-state index contributed by atoms with van der Waals surface area (Å²) in [5.41, 5.74) is 5.18. The summed E-state index contributed by atoms with van der Waals surface area (Å²) >= 11 is 6.03. The van der Waals surface area contributed by atoms with Crippen LogP contribution in [0.3, 0.4) is 0 Å². The molecular weight excluding hydrogens is 540 g/mol. The van der Waals surface area contributed by atoms with Crippen molar-refractivity contribution in [1.29, 1.82) is 0 Å². The van der Waals surface area contributed by atoms with Gasteiger partial charge in [0.25, 0.3) is 5.91 Å². The van der Waals surface area contributed by atoms with E-state index in [4.69, 9.17) is 26.1 Å². The standard InChI is InChI=1S/C32H33ClN4O4/c1-21-6-13-26(17-22(21)2)37-19-29(23-9-14-27(40-3)15-10-23)34-32(37)35-30(38)20-36(18-28-5-4-16-41-28)31(39)24-7-11-25(33)12-8-24/h6-15,17,19,28H,4-5,16,18,20H2,1-3H3,(H,34,35,38)/t28-/m1/s1. The molecule has 1 atom stereocenters. The molecule has 1 aromatic heterocycles. The number of halogens is 1. The molecule has 0 spiro atoms. The largest absolute Gasteiger partial charge is 0.497 e. The molecule has 0 unspecified atom stereocenters. The number of nitrogens with zero attached hydrogens (tertiary/aromatic N) is 3. The average Bonchev–Trinajstić information content (AvgIpc) is 3.64. The maximum atomic E-state index is 13.5. The van der Waals surface area contributed by atoms with Crippen molar-refractivity contribution in [2.45, 2.75) is 32.8 Å². The molecule has 2 amide bonds. The Morgan fingerprint density at radius 1 is 1.07 bits per heavy atom. The van der Waals surface area contributed by atoms with Crippen LogP contribution in [0.5, 0.6) is 5.75 Å². The molecule has 1 N–H and O–H groups in total. The number of amides is 2. The highest BCUT2D eigenvalue weighted by molar-refractivity contribution is 6.30. The zero-order valence-electron chi connectivity index (χ0n) is 23.4. The summed E-state index contributed by atoms with van der Waals surface area (Å²) < 4.78 is 12.9. The van der Waals surface area contributed by atoms with Gasteiger partial charge >= 0.3 is 0 Å². The van der Waals surface area contributed by atoms with E-state index in [1.807, 2.05) is 54.1 Å². The Kier molecular flexibility index (Phi) is 8.71. The van der Waals surface area contributed by atoms with Crippen molar-refractivity contribution in [1.82, 2.24) is 14.5 Å². The van der Waals surface area contributed by atoms with Gasteiger partial charge in [0.05, 0.1) is 18.9 Å². The summed E-state index contributed by atoms with van der Waals surface area (Å²) in [5, 5.41) is 3.50. The number of methoxy groups -OCH3 is 1. The molecule has 3 aromatic carbocycles. The van der Waals surface area contributed by atoms with E-state index in [1.165, 1.54) is 10.5 Å². The SMILES string of the molecule is COc1ccc(-c2cn(-c3ccc(C)c(C)c3)c(NC(=O)CN(C[C@H]3CCCO3)C(=O)c3ccc(Cl)cc3)n2)cc1. The molecule has 1 fully saturated rings. The highest BCUT2D eigenvalue weighted by Crippen LogP contribution is 2.27.